The van der Waals surface area contributed by atoms with Crippen molar-refractivity contribution < 1.29 is 102 Å². The minimum absolute atomic E-state index is 0. The molecule has 0 fully saturated rings. The molecule has 0 aliphatic carbocycles. The molecule has 0 saturated carbocycles. The van der Waals surface area contributed by atoms with Crippen molar-refractivity contribution in [2.45, 2.75) is 48.8 Å². The molecule has 2 aromatic heterocycles. The van der Waals surface area contributed by atoms with Gasteiger partial charge in [0.25, 0.3) is 0 Å². The smallest absolute Gasteiger partial charge is 0.857 e. The third-order valence-electron chi connectivity index (χ3n) is 9.19. The Labute approximate surface area is 427 Å². The van der Waals surface area contributed by atoms with Crippen LogP contribution in [0.3, 0.4) is 0 Å². The van der Waals surface area contributed by atoms with Crippen molar-refractivity contribution in [3.8, 4) is 23.0 Å². The van der Waals surface area contributed by atoms with Crippen molar-refractivity contribution in [3.05, 3.63) is 85.5 Å². The number of benzene rings is 4. The molecule has 0 unspecified atom stereocenters. The topological polar surface area (TPSA) is 213 Å². The molecule has 0 spiro atoms. The average molecular weight is 1060 g/mol. The molecule has 6 rings (SSSR count). The summed E-state index contributed by atoms with van der Waals surface area (Å²) in [4.78, 5) is 16.6. The van der Waals surface area contributed by atoms with Gasteiger partial charge < -0.3 is 39.4 Å². The monoisotopic (exact) mass is 1060 g/mol. The van der Waals surface area contributed by atoms with Crippen LogP contribution in [0.4, 0.5) is 49.4 Å². The van der Waals surface area contributed by atoms with E-state index >= 15 is 0 Å². The van der Waals surface area contributed by atoms with Gasteiger partial charge in [-0.2, -0.15) is 33.5 Å². The second-order valence-corrected chi connectivity index (χ2v) is 19.0. The molecular formula is C44H48ClF6N6NaO10S2. The van der Waals surface area contributed by atoms with Crippen LogP contribution in [0.15, 0.2) is 95.2 Å². The number of methoxy groups -OCH3 is 1. The molecule has 376 valence electrons. The first-order chi connectivity index (χ1) is 32.8. The Hall–Kier alpha value is -4.95. The van der Waals surface area contributed by atoms with Gasteiger partial charge in [-0.15, -0.1) is 11.6 Å². The van der Waals surface area contributed by atoms with E-state index < -0.39 is 45.2 Å². The molecule has 26 heteroatoms. The summed E-state index contributed by atoms with van der Waals surface area (Å²) in [6, 6.07) is 17.4. The molecule has 0 aliphatic heterocycles. The Bertz CT molecular complexity index is 2850. The fraction of sp³-hybridized carbons (Fsp3) is 0.364. The fourth-order valence-corrected chi connectivity index (χ4v) is 7.77. The molecule has 0 aliphatic rings. The van der Waals surface area contributed by atoms with E-state index in [1.165, 1.54) is 62.9 Å². The summed E-state index contributed by atoms with van der Waals surface area (Å²) in [5.41, 5.74) is 1.10. The molecule has 0 saturated heterocycles. The van der Waals surface area contributed by atoms with Gasteiger partial charge in [0, 0.05) is 48.9 Å². The minimum atomic E-state index is -4.56. The molecule has 0 amide bonds. The van der Waals surface area contributed by atoms with E-state index in [0.717, 1.165) is 7.11 Å². The van der Waals surface area contributed by atoms with E-state index in [-0.39, 0.29) is 85.4 Å². The van der Waals surface area contributed by atoms with Crippen LogP contribution in [0.1, 0.15) is 26.7 Å². The summed E-state index contributed by atoms with van der Waals surface area (Å²) in [5.74, 6) is 1.47. The summed E-state index contributed by atoms with van der Waals surface area (Å²) < 4.78 is 152. The number of alkyl halides is 7. The van der Waals surface area contributed by atoms with Crippen LogP contribution in [-0.4, -0.2) is 114 Å². The van der Waals surface area contributed by atoms with E-state index in [1.807, 2.05) is 0 Å². The molecule has 2 N–H and O–H groups in total. The summed E-state index contributed by atoms with van der Waals surface area (Å²) in [6.07, 6.45) is -5.19. The fourth-order valence-electron chi connectivity index (χ4n) is 5.85. The number of anilines is 4. The van der Waals surface area contributed by atoms with Crippen LogP contribution in [-0.2, 0) is 24.4 Å². The molecule has 6 aromatic rings. The van der Waals surface area contributed by atoms with Crippen LogP contribution in [0.25, 0.3) is 21.8 Å². The molecule has 70 heavy (non-hydrogen) atoms. The van der Waals surface area contributed by atoms with Gasteiger partial charge in [0.2, 0.25) is 0 Å². The van der Waals surface area contributed by atoms with Crippen molar-refractivity contribution in [1.29, 1.82) is 0 Å². The zero-order chi connectivity index (χ0) is 50.8. The minimum Gasteiger partial charge on any atom is -0.857 e. The predicted octanol–water partition coefficient (Wildman–Crippen LogP) is 5.62. The number of halogens is 7. The van der Waals surface area contributed by atoms with Crippen LogP contribution in [0.2, 0.25) is 0 Å². The number of hydrogen-bond acceptors (Lipinski definition) is 16. The van der Waals surface area contributed by atoms with E-state index in [1.54, 1.807) is 43.5 Å². The van der Waals surface area contributed by atoms with Crippen LogP contribution in [0.5, 0.6) is 23.0 Å². The van der Waals surface area contributed by atoms with Gasteiger partial charge in [0.1, 0.15) is 47.3 Å². The van der Waals surface area contributed by atoms with Gasteiger partial charge in [-0.05, 0) is 67.1 Å². The molecule has 0 bridgehead atoms. The maximum atomic E-state index is 12.7. The zero-order valence-corrected chi connectivity index (χ0v) is 42.9. The van der Waals surface area contributed by atoms with Crippen molar-refractivity contribution in [3.63, 3.8) is 0 Å². The SMILES string of the molecule is CCS(=O)(=O)c1ccc(OCC(F)(F)F)c(Nc2ncnc3cc(OCCCCl)ccc23)c1.CCS(=O)(=O)c1ccc(OCC(F)(F)F)c(Nc2ncnc3cc(OCCCOC)ccc23)c1.C[O-].[Na+]. The van der Waals surface area contributed by atoms with Crippen LogP contribution in [0, 0.1) is 0 Å². The molecule has 16 nitrogen and oxygen atoms in total. The molecule has 0 radical (unpaired) electrons. The van der Waals surface area contributed by atoms with Crippen molar-refractivity contribution in [2.24, 2.45) is 0 Å². The third kappa shape index (κ3) is 18.0. The van der Waals surface area contributed by atoms with Gasteiger partial charge in [-0.25, -0.2) is 36.8 Å². The molecule has 0 atom stereocenters. The summed E-state index contributed by atoms with van der Waals surface area (Å²) in [6.45, 7) is 1.34. The Morgan fingerprint density at radius 3 is 1.37 bits per heavy atom. The van der Waals surface area contributed by atoms with Gasteiger partial charge >= 0.3 is 41.9 Å². The van der Waals surface area contributed by atoms with Crippen molar-refractivity contribution in [1.82, 2.24) is 19.9 Å². The number of nitrogens with one attached hydrogen (secondary N) is 2. The first-order valence-corrected chi connectivity index (χ1v) is 24.5. The summed E-state index contributed by atoms with van der Waals surface area (Å²) >= 11 is 5.65. The standard InChI is InChI=1S/C22H24F3N3O5S.C21H21ClF3N3O4S.CH3O.Na/c1-3-34(29,30)16-6-8-20(33-13-22(23,24)25)19(12-16)28-21-17-7-5-15(32-10-4-9-31-2)11-18(17)26-14-27-21;1-2-33(29,30)15-5-7-19(32-12-21(23,24)25)18(11-15)28-20-16-6-4-14(31-9-3-8-22)10-17(16)26-13-27-20;1-2;/h5-8,11-12,14H,3-4,9-10,13H2,1-2H3,(H,26,27,28);4-7,10-11,13H,2-3,8-9,12H2,1H3,(H,26,27,28);1H3;/q;;-1;+1. The van der Waals surface area contributed by atoms with Gasteiger partial charge in [0.15, 0.2) is 32.9 Å². The zero-order valence-electron chi connectivity index (χ0n) is 38.5. The normalized spacial score (nSPS) is 11.6. The largest absolute Gasteiger partial charge is 1.00 e. The second kappa shape index (κ2) is 27.6. The molecular weight excluding hydrogens is 1010 g/mol. The van der Waals surface area contributed by atoms with Gasteiger partial charge in [-0.3, -0.25) is 0 Å². The van der Waals surface area contributed by atoms with Crippen molar-refractivity contribution in [2.75, 3.05) is 75.3 Å². The third-order valence-corrected chi connectivity index (χ3v) is 12.9. The number of nitrogens with zero attached hydrogens (tertiary/aromatic N) is 4. The maximum absolute atomic E-state index is 12.7. The first kappa shape index (κ1) is 59.4. The summed E-state index contributed by atoms with van der Waals surface area (Å²) in [7, 11) is -4.86. The van der Waals surface area contributed by atoms with E-state index in [9.17, 15) is 43.2 Å². The number of aromatic nitrogens is 4. The number of sulfone groups is 2. The Balaban J connectivity index is 0.000000353. The van der Waals surface area contributed by atoms with Crippen LogP contribution >= 0.6 is 11.6 Å². The Kier molecular flexibility index (Phi) is 23.4. The summed E-state index contributed by atoms with van der Waals surface area (Å²) in [5, 5.41) is 15.1. The molecule has 2 heterocycles. The maximum Gasteiger partial charge on any atom is 1.00 e. The first-order valence-electron chi connectivity index (χ1n) is 20.6. The van der Waals surface area contributed by atoms with E-state index in [4.69, 9.17) is 40.4 Å². The Morgan fingerprint density at radius 1 is 0.586 bits per heavy atom. The quantitative estimate of drug-likeness (QED) is 0.0388. The number of ether oxygens (including phenoxy) is 5. The van der Waals surface area contributed by atoms with E-state index in [2.05, 4.69) is 30.6 Å². The second-order valence-electron chi connectivity index (χ2n) is 14.1. The van der Waals surface area contributed by atoms with Crippen LogP contribution < -0.4 is 64.2 Å². The number of hydrogen-bond donors (Lipinski definition) is 2. The predicted molar refractivity (Wildman–Crippen MR) is 246 cm³/mol. The van der Waals surface area contributed by atoms with Gasteiger partial charge in [-0.1, -0.05) is 13.8 Å². The van der Waals surface area contributed by atoms with Gasteiger partial charge in [0.05, 0.1) is 56.9 Å². The van der Waals surface area contributed by atoms with E-state index in [0.29, 0.717) is 71.8 Å². The average Bonchev–Trinajstić information content (AvgIpc) is 3.32. The van der Waals surface area contributed by atoms with Crippen molar-refractivity contribution >= 4 is 76.1 Å². The number of fused-ring (bicyclic) bond motifs is 2. The Morgan fingerprint density at radius 2 is 1.00 bits per heavy atom. The molecule has 4 aromatic carbocycles. The number of rotatable bonds is 21.